The van der Waals surface area contributed by atoms with E-state index >= 15 is 0 Å². The predicted octanol–water partition coefficient (Wildman–Crippen LogP) is 1.07. The molecule has 1 aromatic heterocycles. The average Bonchev–Trinajstić information content (AvgIpc) is 2.53. The molecule has 2 rings (SSSR count). The summed E-state index contributed by atoms with van der Waals surface area (Å²) in [6.07, 6.45) is 4.00. The molecule has 0 saturated carbocycles. The van der Waals surface area contributed by atoms with Gasteiger partial charge < -0.3 is 15.1 Å². The van der Waals surface area contributed by atoms with Crippen molar-refractivity contribution in [2.24, 2.45) is 0 Å². The number of rotatable bonds is 1. The first-order chi connectivity index (χ1) is 6.25. The average molecular weight is 181 g/mol. The molecule has 0 spiro atoms. The van der Waals surface area contributed by atoms with E-state index in [0.717, 1.165) is 31.6 Å². The number of hydrogen-bond donors (Lipinski definition) is 1. The van der Waals surface area contributed by atoms with Crippen LogP contribution in [0.1, 0.15) is 24.5 Å². The Morgan fingerprint density at radius 1 is 1.54 bits per heavy atom. The maximum absolute atomic E-state index is 5.42. The van der Waals surface area contributed by atoms with E-state index in [1.165, 1.54) is 0 Å². The van der Waals surface area contributed by atoms with Crippen molar-refractivity contribution < 1.29 is 4.42 Å². The summed E-state index contributed by atoms with van der Waals surface area (Å²) in [6.45, 7) is 2.27. The number of nitrogen functional groups attached to an aromatic ring is 1. The zero-order chi connectivity index (χ0) is 9.26. The molecule has 13 heavy (non-hydrogen) atoms. The third-order valence-corrected chi connectivity index (χ3v) is 2.68. The second-order valence-electron chi connectivity index (χ2n) is 3.69. The largest absolute Gasteiger partial charge is 0.432 e. The molecule has 1 saturated heterocycles. The van der Waals surface area contributed by atoms with E-state index in [0.29, 0.717) is 5.92 Å². The number of nitrogens with zero attached hydrogens (tertiary/aromatic N) is 2. The Balaban J connectivity index is 2.02. The van der Waals surface area contributed by atoms with Gasteiger partial charge in [0.05, 0.1) is 5.69 Å². The zero-order valence-electron chi connectivity index (χ0n) is 7.86. The molecular weight excluding hydrogens is 166 g/mol. The number of oxazole rings is 1. The lowest BCUT2D eigenvalue weighted by Gasteiger charge is -2.27. The summed E-state index contributed by atoms with van der Waals surface area (Å²) in [5.74, 6) is 0.539. The van der Waals surface area contributed by atoms with Gasteiger partial charge in [0.25, 0.3) is 6.01 Å². The quantitative estimate of drug-likeness (QED) is 0.704. The normalized spacial score (nSPS) is 20.7. The first-order valence-electron chi connectivity index (χ1n) is 4.65. The van der Waals surface area contributed by atoms with E-state index in [1.807, 2.05) is 0 Å². The molecule has 72 valence electrons. The van der Waals surface area contributed by atoms with Gasteiger partial charge in [-0.2, -0.15) is 4.98 Å². The summed E-state index contributed by atoms with van der Waals surface area (Å²) in [5, 5.41) is 0. The standard InChI is InChI=1S/C9H15N3O/c1-12-4-2-7(3-5-12)8-6-13-9(10)11-8/h6-7H,2-5H2,1H3,(H2,10,11). The summed E-state index contributed by atoms with van der Waals surface area (Å²) in [5.41, 5.74) is 6.44. The molecule has 0 aromatic carbocycles. The zero-order valence-corrected chi connectivity index (χ0v) is 7.86. The van der Waals surface area contributed by atoms with Crippen LogP contribution in [0.2, 0.25) is 0 Å². The second kappa shape index (κ2) is 3.38. The number of aromatic nitrogens is 1. The summed E-state index contributed by atoms with van der Waals surface area (Å²) in [6, 6.07) is 0.286. The van der Waals surface area contributed by atoms with E-state index in [4.69, 9.17) is 10.2 Å². The van der Waals surface area contributed by atoms with Crippen molar-refractivity contribution in [1.82, 2.24) is 9.88 Å². The Labute approximate surface area is 77.7 Å². The molecule has 4 heteroatoms. The Kier molecular flexibility index (Phi) is 2.22. The van der Waals surface area contributed by atoms with E-state index in [2.05, 4.69) is 16.9 Å². The lowest BCUT2D eigenvalue weighted by atomic mass is 9.94. The first kappa shape index (κ1) is 8.56. The first-order valence-corrected chi connectivity index (χ1v) is 4.65. The van der Waals surface area contributed by atoms with Gasteiger partial charge >= 0.3 is 0 Å². The third-order valence-electron chi connectivity index (χ3n) is 2.68. The molecule has 0 atom stereocenters. The van der Waals surface area contributed by atoms with Crippen LogP contribution in [0.15, 0.2) is 10.7 Å². The monoisotopic (exact) mass is 181 g/mol. The second-order valence-corrected chi connectivity index (χ2v) is 3.69. The van der Waals surface area contributed by atoms with Crippen LogP contribution < -0.4 is 5.73 Å². The Hall–Kier alpha value is -1.03. The molecule has 1 fully saturated rings. The maximum atomic E-state index is 5.42. The van der Waals surface area contributed by atoms with Crippen molar-refractivity contribution in [3.8, 4) is 0 Å². The lowest BCUT2D eigenvalue weighted by molar-refractivity contribution is 0.253. The predicted molar refractivity (Wildman–Crippen MR) is 50.4 cm³/mol. The van der Waals surface area contributed by atoms with Gasteiger partial charge in [0.1, 0.15) is 6.26 Å². The smallest absolute Gasteiger partial charge is 0.292 e. The maximum Gasteiger partial charge on any atom is 0.292 e. The third kappa shape index (κ3) is 1.83. The molecular formula is C9H15N3O. The van der Waals surface area contributed by atoms with Gasteiger partial charge in [-0.05, 0) is 33.0 Å². The molecule has 0 bridgehead atoms. The number of hydrogen-bond acceptors (Lipinski definition) is 4. The summed E-state index contributed by atoms with van der Waals surface area (Å²) in [7, 11) is 2.15. The van der Waals surface area contributed by atoms with Crippen LogP contribution in [0.3, 0.4) is 0 Å². The topological polar surface area (TPSA) is 55.3 Å². The number of nitrogens with two attached hydrogens (primary N) is 1. The summed E-state index contributed by atoms with van der Waals surface area (Å²) < 4.78 is 5.00. The Bertz CT molecular complexity index is 276. The SMILES string of the molecule is CN1CCC(c2coc(N)n2)CC1. The molecule has 1 aliphatic rings. The van der Waals surface area contributed by atoms with Crippen LogP contribution in [-0.4, -0.2) is 30.0 Å². The van der Waals surface area contributed by atoms with E-state index in [1.54, 1.807) is 6.26 Å². The highest BCUT2D eigenvalue weighted by Crippen LogP contribution is 2.26. The van der Waals surface area contributed by atoms with Gasteiger partial charge in [0.2, 0.25) is 0 Å². The fourth-order valence-corrected chi connectivity index (χ4v) is 1.79. The van der Waals surface area contributed by atoms with Crippen molar-refractivity contribution in [3.05, 3.63) is 12.0 Å². The highest BCUT2D eigenvalue weighted by Gasteiger charge is 2.20. The van der Waals surface area contributed by atoms with Gasteiger partial charge in [-0.1, -0.05) is 0 Å². The summed E-state index contributed by atoms with van der Waals surface area (Å²) >= 11 is 0. The number of likely N-dealkylation sites (tertiary alicyclic amines) is 1. The lowest BCUT2D eigenvalue weighted by Crippen LogP contribution is -2.29. The Morgan fingerprint density at radius 3 is 2.77 bits per heavy atom. The molecule has 0 radical (unpaired) electrons. The molecule has 0 unspecified atom stereocenters. The van der Waals surface area contributed by atoms with Crippen molar-refractivity contribution >= 4 is 6.01 Å². The van der Waals surface area contributed by atoms with Crippen molar-refractivity contribution in [2.75, 3.05) is 25.9 Å². The van der Waals surface area contributed by atoms with Crippen LogP contribution in [0, 0.1) is 0 Å². The van der Waals surface area contributed by atoms with Gasteiger partial charge in [-0.25, -0.2) is 0 Å². The van der Waals surface area contributed by atoms with Crippen LogP contribution >= 0.6 is 0 Å². The van der Waals surface area contributed by atoms with E-state index < -0.39 is 0 Å². The highest BCUT2D eigenvalue weighted by atomic mass is 16.4. The van der Waals surface area contributed by atoms with Crippen LogP contribution in [0.4, 0.5) is 6.01 Å². The van der Waals surface area contributed by atoms with Crippen LogP contribution in [0.5, 0.6) is 0 Å². The molecule has 4 nitrogen and oxygen atoms in total. The van der Waals surface area contributed by atoms with Gasteiger partial charge in [0, 0.05) is 5.92 Å². The molecule has 1 aliphatic heterocycles. The number of piperidine rings is 1. The van der Waals surface area contributed by atoms with Gasteiger partial charge in [0.15, 0.2) is 0 Å². The molecule has 2 N–H and O–H groups in total. The van der Waals surface area contributed by atoms with Crippen LogP contribution in [0.25, 0.3) is 0 Å². The summed E-state index contributed by atoms with van der Waals surface area (Å²) in [4.78, 5) is 6.49. The highest BCUT2D eigenvalue weighted by molar-refractivity contribution is 5.16. The molecule has 0 aliphatic carbocycles. The van der Waals surface area contributed by atoms with Gasteiger partial charge in [-0.15, -0.1) is 0 Å². The van der Waals surface area contributed by atoms with E-state index in [9.17, 15) is 0 Å². The fraction of sp³-hybridized carbons (Fsp3) is 0.667. The minimum absolute atomic E-state index is 0.286. The van der Waals surface area contributed by atoms with E-state index in [-0.39, 0.29) is 6.01 Å². The number of anilines is 1. The minimum atomic E-state index is 0.286. The van der Waals surface area contributed by atoms with Crippen LogP contribution in [-0.2, 0) is 0 Å². The molecule has 2 heterocycles. The van der Waals surface area contributed by atoms with Crippen molar-refractivity contribution in [1.29, 1.82) is 0 Å². The molecule has 1 aromatic rings. The Morgan fingerprint density at radius 2 is 2.23 bits per heavy atom. The van der Waals surface area contributed by atoms with Gasteiger partial charge in [-0.3, -0.25) is 0 Å². The van der Waals surface area contributed by atoms with Crippen molar-refractivity contribution in [3.63, 3.8) is 0 Å². The molecule has 0 amide bonds. The fourth-order valence-electron chi connectivity index (χ4n) is 1.79. The minimum Gasteiger partial charge on any atom is -0.432 e. The van der Waals surface area contributed by atoms with Crippen molar-refractivity contribution in [2.45, 2.75) is 18.8 Å².